The molecule has 0 aromatic heterocycles. The van der Waals surface area contributed by atoms with E-state index in [2.05, 4.69) is 10.2 Å². The minimum atomic E-state index is -0.183. The Morgan fingerprint density at radius 1 is 1.27 bits per heavy atom. The summed E-state index contributed by atoms with van der Waals surface area (Å²) in [6, 6.07) is 6.98. The molecule has 1 atom stereocenters. The van der Waals surface area contributed by atoms with Gasteiger partial charge in [-0.2, -0.15) is 0 Å². The van der Waals surface area contributed by atoms with Gasteiger partial charge in [-0.15, -0.1) is 0 Å². The summed E-state index contributed by atoms with van der Waals surface area (Å²) in [6.45, 7) is 4.08. The fourth-order valence-corrected chi connectivity index (χ4v) is 3.66. The number of nitrogens with zero attached hydrogens (tertiary/aromatic N) is 2. The first kappa shape index (κ1) is 19.1. The van der Waals surface area contributed by atoms with Crippen LogP contribution in [0.25, 0.3) is 0 Å². The molecule has 1 saturated carbocycles. The Balaban J connectivity index is 1.40. The third kappa shape index (κ3) is 5.42. The predicted molar refractivity (Wildman–Crippen MR) is 99.5 cm³/mol. The number of carbonyl (C=O) groups excluding carboxylic acids is 1. The van der Waals surface area contributed by atoms with Crippen molar-refractivity contribution in [1.29, 1.82) is 0 Å². The molecule has 1 aliphatic heterocycles. The number of carbonyl (C=O) groups is 1. The number of nitrogens with one attached hydrogen (secondary N) is 1. The third-order valence-corrected chi connectivity index (χ3v) is 5.40. The molecule has 1 aromatic rings. The summed E-state index contributed by atoms with van der Waals surface area (Å²) >= 11 is 0. The highest BCUT2D eigenvalue weighted by Gasteiger charge is 2.33. The zero-order chi connectivity index (χ0) is 18.4. The fraction of sp³-hybridized carbons (Fsp3) is 0.650. The summed E-state index contributed by atoms with van der Waals surface area (Å²) in [4.78, 5) is 16.7. The molecule has 1 unspecified atom stereocenters. The smallest absolute Gasteiger partial charge is 0.317 e. The number of benzene rings is 1. The molecule has 0 spiro atoms. The number of hydrogen-bond acceptors (Lipinski definition) is 3. The Labute approximate surface area is 155 Å². The lowest BCUT2D eigenvalue weighted by molar-refractivity contribution is 0.0704. The fourth-order valence-electron chi connectivity index (χ4n) is 3.66. The number of halogens is 1. The van der Waals surface area contributed by atoms with Gasteiger partial charge in [0.1, 0.15) is 5.82 Å². The van der Waals surface area contributed by atoms with Crippen LogP contribution in [0.15, 0.2) is 24.3 Å². The van der Waals surface area contributed by atoms with Gasteiger partial charge in [-0.3, -0.25) is 4.90 Å². The second-order valence-corrected chi connectivity index (χ2v) is 7.48. The van der Waals surface area contributed by atoms with Crippen LogP contribution in [0.2, 0.25) is 0 Å². The van der Waals surface area contributed by atoms with E-state index in [0.717, 1.165) is 25.6 Å². The van der Waals surface area contributed by atoms with Gasteiger partial charge in [-0.25, -0.2) is 9.18 Å². The Morgan fingerprint density at radius 3 is 2.81 bits per heavy atom. The van der Waals surface area contributed by atoms with Crippen molar-refractivity contribution in [3.63, 3.8) is 0 Å². The predicted octanol–water partition coefficient (Wildman–Crippen LogP) is 2.25. The SMILES string of the molecule is O=C(NCCCc1ccccc1F)N1CCN(CC2CC2)C(CCO)C1. The number of rotatable bonds is 8. The number of piperazine rings is 1. The van der Waals surface area contributed by atoms with Gasteiger partial charge in [-0.05, 0) is 49.7 Å². The maximum absolute atomic E-state index is 13.6. The molecule has 2 aliphatic rings. The molecule has 2 fully saturated rings. The Morgan fingerprint density at radius 2 is 2.08 bits per heavy atom. The molecule has 1 heterocycles. The summed E-state index contributed by atoms with van der Waals surface area (Å²) in [5.74, 6) is 0.632. The number of hydrogen-bond donors (Lipinski definition) is 2. The quantitative estimate of drug-likeness (QED) is 0.697. The molecule has 144 valence electrons. The van der Waals surface area contributed by atoms with Gasteiger partial charge in [0.15, 0.2) is 0 Å². The monoisotopic (exact) mass is 363 g/mol. The van der Waals surface area contributed by atoms with Crippen LogP contribution in [0.3, 0.4) is 0 Å². The Kier molecular flexibility index (Phi) is 6.86. The van der Waals surface area contributed by atoms with Gasteiger partial charge in [0.05, 0.1) is 0 Å². The molecule has 5 nitrogen and oxygen atoms in total. The van der Waals surface area contributed by atoms with Gasteiger partial charge < -0.3 is 15.3 Å². The van der Waals surface area contributed by atoms with Crippen LogP contribution in [0.1, 0.15) is 31.2 Å². The van der Waals surface area contributed by atoms with E-state index in [1.807, 2.05) is 11.0 Å². The highest BCUT2D eigenvalue weighted by molar-refractivity contribution is 5.74. The zero-order valence-corrected chi connectivity index (χ0v) is 15.4. The topological polar surface area (TPSA) is 55.8 Å². The molecule has 2 amide bonds. The minimum Gasteiger partial charge on any atom is -0.396 e. The zero-order valence-electron chi connectivity index (χ0n) is 15.4. The molecule has 0 radical (unpaired) electrons. The van der Waals surface area contributed by atoms with E-state index in [-0.39, 0.29) is 24.5 Å². The van der Waals surface area contributed by atoms with Crippen LogP contribution in [0, 0.1) is 11.7 Å². The minimum absolute atomic E-state index is 0.0486. The highest BCUT2D eigenvalue weighted by atomic mass is 19.1. The molecule has 3 rings (SSSR count). The summed E-state index contributed by atoms with van der Waals surface area (Å²) in [5, 5.41) is 12.3. The van der Waals surface area contributed by atoms with Crippen molar-refractivity contribution >= 4 is 6.03 Å². The molecular formula is C20H30FN3O2. The summed E-state index contributed by atoms with van der Waals surface area (Å²) < 4.78 is 13.6. The number of amides is 2. The van der Waals surface area contributed by atoms with E-state index in [9.17, 15) is 14.3 Å². The average Bonchev–Trinajstić information content (AvgIpc) is 3.45. The van der Waals surface area contributed by atoms with E-state index >= 15 is 0 Å². The van der Waals surface area contributed by atoms with Crippen molar-refractivity contribution in [2.75, 3.05) is 39.3 Å². The first-order valence-corrected chi connectivity index (χ1v) is 9.78. The lowest BCUT2D eigenvalue weighted by Gasteiger charge is -2.41. The summed E-state index contributed by atoms with van der Waals surface area (Å²) in [6.07, 6.45) is 4.68. The van der Waals surface area contributed by atoms with E-state index in [4.69, 9.17) is 0 Å². The summed E-state index contributed by atoms with van der Waals surface area (Å²) in [7, 11) is 0. The lowest BCUT2D eigenvalue weighted by atomic mass is 10.1. The molecule has 0 bridgehead atoms. The molecular weight excluding hydrogens is 333 g/mol. The van der Waals surface area contributed by atoms with E-state index in [1.54, 1.807) is 12.1 Å². The maximum atomic E-state index is 13.6. The van der Waals surface area contributed by atoms with Crippen LogP contribution in [0.4, 0.5) is 9.18 Å². The van der Waals surface area contributed by atoms with E-state index in [0.29, 0.717) is 37.9 Å². The van der Waals surface area contributed by atoms with Crippen molar-refractivity contribution in [3.8, 4) is 0 Å². The Bertz CT molecular complexity index is 594. The second kappa shape index (κ2) is 9.33. The van der Waals surface area contributed by atoms with Crippen molar-refractivity contribution in [3.05, 3.63) is 35.6 Å². The van der Waals surface area contributed by atoms with E-state index < -0.39 is 0 Å². The van der Waals surface area contributed by atoms with E-state index in [1.165, 1.54) is 18.9 Å². The van der Waals surface area contributed by atoms with Crippen molar-refractivity contribution in [1.82, 2.24) is 15.1 Å². The molecule has 1 saturated heterocycles. The van der Waals surface area contributed by atoms with Gasteiger partial charge in [0, 0.05) is 45.4 Å². The second-order valence-electron chi connectivity index (χ2n) is 7.48. The average molecular weight is 363 g/mol. The largest absolute Gasteiger partial charge is 0.396 e. The first-order chi connectivity index (χ1) is 12.7. The number of aliphatic hydroxyl groups excluding tert-OH is 1. The van der Waals surface area contributed by atoms with Gasteiger partial charge >= 0.3 is 6.03 Å². The molecule has 6 heteroatoms. The van der Waals surface area contributed by atoms with Crippen LogP contribution >= 0.6 is 0 Å². The molecule has 26 heavy (non-hydrogen) atoms. The standard InChI is InChI=1S/C20H30FN3O2/c21-19-6-2-1-4-17(19)5-3-10-22-20(26)24-12-11-23(14-16-7-8-16)18(15-24)9-13-25/h1-2,4,6,16,18,25H,3,5,7-15H2,(H,22,26). The first-order valence-electron chi connectivity index (χ1n) is 9.78. The van der Waals surface area contributed by atoms with Crippen molar-refractivity contribution in [2.45, 2.75) is 38.1 Å². The number of aryl methyl sites for hydroxylation is 1. The lowest BCUT2D eigenvalue weighted by Crippen LogP contribution is -2.57. The van der Waals surface area contributed by atoms with Crippen LogP contribution in [0.5, 0.6) is 0 Å². The maximum Gasteiger partial charge on any atom is 0.317 e. The van der Waals surface area contributed by atoms with Gasteiger partial charge in [0.25, 0.3) is 0 Å². The normalized spacial score (nSPS) is 21.0. The number of aliphatic hydroxyl groups is 1. The summed E-state index contributed by atoms with van der Waals surface area (Å²) in [5.41, 5.74) is 0.693. The third-order valence-electron chi connectivity index (χ3n) is 5.40. The molecule has 1 aromatic carbocycles. The molecule has 2 N–H and O–H groups in total. The highest BCUT2D eigenvalue weighted by Crippen LogP contribution is 2.31. The van der Waals surface area contributed by atoms with Crippen molar-refractivity contribution in [2.24, 2.45) is 5.92 Å². The van der Waals surface area contributed by atoms with Gasteiger partial charge in [-0.1, -0.05) is 18.2 Å². The Hall–Kier alpha value is -1.66. The van der Waals surface area contributed by atoms with Gasteiger partial charge in [0.2, 0.25) is 0 Å². The van der Waals surface area contributed by atoms with Crippen LogP contribution in [-0.2, 0) is 6.42 Å². The van der Waals surface area contributed by atoms with Crippen LogP contribution < -0.4 is 5.32 Å². The molecule has 1 aliphatic carbocycles. The van der Waals surface area contributed by atoms with Crippen LogP contribution in [-0.4, -0.2) is 66.3 Å². The van der Waals surface area contributed by atoms with Crippen molar-refractivity contribution < 1.29 is 14.3 Å². The number of urea groups is 1.